The number of benzene rings is 2. The van der Waals surface area contributed by atoms with Gasteiger partial charge in [-0.2, -0.15) is 4.31 Å². The number of aryl methyl sites for hydroxylation is 2. The van der Waals surface area contributed by atoms with E-state index in [9.17, 15) is 13.2 Å². The smallest absolute Gasteiger partial charge is 0.251 e. The molecule has 0 aliphatic carbocycles. The van der Waals surface area contributed by atoms with Gasteiger partial charge in [-0.05, 0) is 53.6 Å². The molecule has 0 radical (unpaired) electrons. The maximum absolute atomic E-state index is 13.2. The van der Waals surface area contributed by atoms with Gasteiger partial charge in [0.15, 0.2) is 0 Å². The van der Waals surface area contributed by atoms with E-state index in [-0.39, 0.29) is 17.9 Å². The van der Waals surface area contributed by atoms with Gasteiger partial charge in [0, 0.05) is 26.2 Å². The number of hydrogen-bond acceptors (Lipinski definition) is 3. The summed E-state index contributed by atoms with van der Waals surface area (Å²) in [6, 6.07) is 10.9. The lowest BCUT2D eigenvalue weighted by Crippen LogP contribution is -2.28. The SMILES string of the molecule is CNC(=O)c1ccc(CN(C)S(=O)(=O)c2c(C)cc(C(C)(C)C)cc2C)cc1. The van der Waals surface area contributed by atoms with Crippen molar-refractivity contribution in [3.8, 4) is 0 Å². The molecule has 0 bridgehead atoms. The van der Waals surface area contributed by atoms with E-state index in [1.165, 1.54) is 4.31 Å². The van der Waals surface area contributed by atoms with Crippen LogP contribution in [0.5, 0.6) is 0 Å². The van der Waals surface area contributed by atoms with E-state index in [1.54, 1.807) is 38.4 Å². The Bertz CT molecular complexity index is 949. The molecule has 1 N–H and O–H groups in total. The van der Waals surface area contributed by atoms with Crippen molar-refractivity contribution in [1.82, 2.24) is 9.62 Å². The molecule has 2 aromatic rings. The Hall–Kier alpha value is -2.18. The van der Waals surface area contributed by atoms with Crippen molar-refractivity contribution in [2.75, 3.05) is 14.1 Å². The number of nitrogens with one attached hydrogen (secondary N) is 1. The minimum absolute atomic E-state index is 0.0454. The van der Waals surface area contributed by atoms with E-state index in [1.807, 2.05) is 26.0 Å². The van der Waals surface area contributed by atoms with Crippen molar-refractivity contribution in [3.63, 3.8) is 0 Å². The number of rotatable bonds is 5. The summed E-state index contributed by atoms with van der Waals surface area (Å²) in [6.07, 6.45) is 0. The van der Waals surface area contributed by atoms with Crippen LogP contribution >= 0.6 is 0 Å². The average molecular weight is 403 g/mol. The quantitative estimate of drug-likeness (QED) is 0.828. The van der Waals surface area contributed by atoms with Crippen molar-refractivity contribution >= 4 is 15.9 Å². The van der Waals surface area contributed by atoms with Gasteiger partial charge < -0.3 is 5.32 Å². The lowest BCUT2D eigenvalue weighted by Gasteiger charge is -2.24. The number of sulfonamides is 1. The van der Waals surface area contributed by atoms with Crippen LogP contribution in [0.15, 0.2) is 41.3 Å². The summed E-state index contributed by atoms with van der Waals surface area (Å²) in [5.41, 5.74) is 3.95. The molecule has 0 atom stereocenters. The lowest BCUT2D eigenvalue weighted by molar-refractivity contribution is 0.0963. The van der Waals surface area contributed by atoms with Crippen LogP contribution in [-0.4, -0.2) is 32.7 Å². The van der Waals surface area contributed by atoms with Gasteiger partial charge in [-0.15, -0.1) is 0 Å². The summed E-state index contributed by atoms with van der Waals surface area (Å²) in [5.74, 6) is -0.169. The molecule has 0 spiro atoms. The minimum atomic E-state index is -3.64. The normalized spacial score (nSPS) is 12.3. The molecule has 0 heterocycles. The van der Waals surface area contributed by atoms with E-state index >= 15 is 0 Å². The molecular weight excluding hydrogens is 372 g/mol. The van der Waals surface area contributed by atoms with Gasteiger partial charge in [0.2, 0.25) is 10.0 Å². The van der Waals surface area contributed by atoms with Crippen molar-refractivity contribution in [1.29, 1.82) is 0 Å². The van der Waals surface area contributed by atoms with Crippen LogP contribution in [0.4, 0.5) is 0 Å². The second-order valence-electron chi connectivity index (χ2n) is 8.23. The minimum Gasteiger partial charge on any atom is -0.355 e. The van der Waals surface area contributed by atoms with Crippen molar-refractivity contribution < 1.29 is 13.2 Å². The van der Waals surface area contributed by atoms with E-state index in [2.05, 4.69) is 26.1 Å². The van der Waals surface area contributed by atoms with Gasteiger partial charge in [-0.1, -0.05) is 45.0 Å². The molecule has 0 aliphatic heterocycles. The molecule has 0 unspecified atom stereocenters. The Morgan fingerprint density at radius 1 is 1.04 bits per heavy atom. The van der Waals surface area contributed by atoms with Crippen LogP contribution in [0, 0.1) is 13.8 Å². The highest BCUT2D eigenvalue weighted by Gasteiger charge is 2.27. The Morgan fingerprint density at radius 3 is 1.96 bits per heavy atom. The van der Waals surface area contributed by atoms with E-state index in [4.69, 9.17) is 0 Å². The zero-order valence-electron chi connectivity index (χ0n) is 17.8. The van der Waals surface area contributed by atoms with Crippen molar-refractivity contribution in [3.05, 3.63) is 64.2 Å². The Balaban J connectivity index is 2.33. The van der Waals surface area contributed by atoms with E-state index in [0.717, 1.165) is 22.3 Å². The maximum Gasteiger partial charge on any atom is 0.251 e. The number of amides is 1. The highest BCUT2D eigenvalue weighted by Crippen LogP contribution is 2.30. The summed E-state index contributed by atoms with van der Waals surface area (Å²) < 4.78 is 27.8. The Labute approximate surface area is 168 Å². The zero-order valence-corrected chi connectivity index (χ0v) is 18.6. The molecule has 0 fully saturated rings. The fourth-order valence-corrected chi connectivity index (χ4v) is 4.76. The molecule has 1 amide bonds. The largest absolute Gasteiger partial charge is 0.355 e. The Morgan fingerprint density at radius 2 is 1.54 bits per heavy atom. The first-order chi connectivity index (χ1) is 12.9. The van der Waals surface area contributed by atoms with Crippen LogP contribution in [0.3, 0.4) is 0 Å². The summed E-state index contributed by atoms with van der Waals surface area (Å²) in [4.78, 5) is 12.0. The molecule has 28 heavy (non-hydrogen) atoms. The predicted octanol–water partition coefficient (Wildman–Crippen LogP) is 3.78. The molecular formula is C22H30N2O3S. The number of carbonyl (C=O) groups is 1. The molecule has 2 rings (SSSR count). The molecule has 152 valence electrons. The summed E-state index contributed by atoms with van der Waals surface area (Å²) >= 11 is 0. The van der Waals surface area contributed by atoms with Crippen LogP contribution in [0.25, 0.3) is 0 Å². The average Bonchev–Trinajstić information content (AvgIpc) is 2.60. The molecule has 2 aromatic carbocycles. The highest BCUT2D eigenvalue weighted by molar-refractivity contribution is 7.89. The zero-order chi connectivity index (χ0) is 21.3. The topological polar surface area (TPSA) is 66.5 Å². The summed E-state index contributed by atoms with van der Waals surface area (Å²) in [6.45, 7) is 10.3. The predicted molar refractivity (Wildman–Crippen MR) is 113 cm³/mol. The monoisotopic (exact) mass is 402 g/mol. The summed E-state index contributed by atoms with van der Waals surface area (Å²) in [7, 11) is -0.480. The first kappa shape index (κ1) is 22.1. The van der Waals surface area contributed by atoms with Crippen molar-refractivity contribution in [2.24, 2.45) is 0 Å². The van der Waals surface area contributed by atoms with Gasteiger partial charge in [0.1, 0.15) is 0 Å². The fraction of sp³-hybridized carbons (Fsp3) is 0.409. The highest BCUT2D eigenvalue weighted by atomic mass is 32.2. The maximum atomic E-state index is 13.2. The first-order valence-electron chi connectivity index (χ1n) is 9.27. The molecule has 5 nitrogen and oxygen atoms in total. The van der Waals surface area contributed by atoms with Gasteiger partial charge in [0.25, 0.3) is 5.91 Å². The molecule has 6 heteroatoms. The second-order valence-corrected chi connectivity index (χ2v) is 10.2. The number of nitrogens with zero attached hydrogens (tertiary/aromatic N) is 1. The van der Waals surface area contributed by atoms with Crippen molar-refractivity contribution in [2.45, 2.75) is 51.5 Å². The van der Waals surface area contributed by atoms with Gasteiger partial charge in [0.05, 0.1) is 4.90 Å². The van der Waals surface area contributed by atoms with E-state index < -0.39 is 10.0 Å². The van der Waals surface area contributed by atoms with Crippen LogP contribution in [0.2, 0.25) is 0 Å². The number of carbonyl (C=O) groups excluding carboxylic acids is 1. The van der Waals surface area contributed by atoms with Gasteiger partial charge in [-0.25, -0.2) is 8.42 Å². The molecule has 0 aromatic heterocycles. The molecule has 0 saturated heterocycles. The first-order valence-corrected chi connectivity index (χ1v) is 10.7. The third-order valence-electron chi connectivity index (χ3n) is 4.84. The molecule has 0 aliphatic rings. The third kappa shape index (κ3) is 4.62. The lowest BCUT2D eigenvalue weighted by atomic mass is 9.85. The van der Waals surface area contributed by atoms with Gasteiger partial charge >= 0.3 is 0 Å². The number of hydrogen-bond donors (Lipinski definition) is 1. The van der Waals surface area contributed by atoms with Crippen LogP contribution in [0.1, 0.15) is 53.4 Å². The third-order valence-corrected chi connectivity index (χ3v) is 6.95. The fourth-order valence-electron chi connectivity index (χ4n) is 3.19. The van der Waals surface area contributed by atoms with Crippen LogP contribution < -0.4 is 5.32 Å². The standard InChI is InChI=1S/C22H30N2O3S/c1-15-12-19(22(3,4)5)13-16(2)20(15)28(26,27)24(7)14-17-8-10-18(11-9-17)21(25)23-6/h8-13H,14H2,1-7H3,(H,23,25). The summed E-state index contributed by atoms with van der Waals surface area (Å²) in [5, 5.41) is 2.57. The van der Waals surface area contributed by atoms with E-state index in [0.29, 0.717) is 10.5 Å². The van der Waals surface area contributed by atoms with Crippen LogP contribution in [-0.2, 0) is 22.0 Å². The Kier molecular flexibility index (Phi) is 6.36. The second kappa shape index (κ2) is 8.05. The van der Waals surface area contributed by atoms with Gasteiger partial charge in [-0.3, -0.25) is 4.79 Å². The molecule has 0 saturated carbocycles.